The molecule has 1 unspecified atom stereocenters. The van der Waals surface area contributed by atoms with Crippen LogP contribution in [0.4, 0.5) is 0 Å². The molecule has 18 heavy (non-hydrogen) atoms. The van der Waals surface area contributed by atoms with E-state index in [1.54, 1.807) is 0 Å². The minimum absolute atomic E-state index is 0.0912. The second-order valence-corrected chi connectivity index (χ2v) is 5.39. The molecule has 0 radical (unpaired) electrons. The van der Waals surface area contributed by atoms with E-state index in [1.165, 1.54) is 23.5 Å². The number of rotatable bonds is 4. The number of hydrogen-bond acceptors (Lipinski definition) is 3. The molecule has 1 N–H and O–H groups in total. The maximum atomic E-state index is 11.7. The number of aromatic nitrogens is 2. The first kappa shape index (κ1) is 13.4. The Hall–Kier alpha value is -1.07. The topological polar surface area (TPSA) is 58.1 Å². The lowest BCUT2D eigenvalue weighted by atomic mass is 10.1. The minimum Gasteiger partial charge on any atom is -0.303 e. The van der Waals surface area contributed by atoms with E-state index in [-0.39, 0.29) is 16.6 Å². The lowest BCUT2D eigenvalue weighted by Crippen LogP contribution is -2.38. The van der Waals surface area contributed by atoms with Crippen molar-refractivity contribution in [2.45, 2.75) is 26.3 Å². The summed E-state index contributed by atoms with van der Waals surface area (Å²) in [7, 11) is 0. The normalized spacial score (nSPS) is 18.1. The summed E-state index contributed by atoms with van der Waals surface area (Å²) in [4.78, 5) is 28.1. The summed E-state index contributed by atoms with van der Waals surface area (Å²) in [6.45, 7) is 5.65. The molecule has 1 fully saturated rings. The molecule has 2 rings (SSSR count). The molecule has 0 aliphatic carbocycles. The molecule has 1 aliphatic heterocycles. The van der Waals surface area contributed by atoms with E-state index in [4.69, 9.17) is 11.6 Å². The lowest BCUT2D eigenvalue weighted by Gasteiger charge is -2.20. The highest BCUT2D eigenvalue weighted by atomic mass is 35.5. The van der Waals surface area contributed by atoms with Gasteiger partial charge in [-0.2, -0.15) is 0 Å². The molecule has 2 heterocycles. The summed E-state index contributed by atoms with van der Waals surface area (Å²) in [5.41, 5.74) is -0.766. The molecule has 0 bridgehead atoms. The SMILES string of the molecule is CC(CN1CCCC1)Cn1c(=O)cc(Cl)[nH]c1=O. The van der Waals surface area contributed by atoms with Gasteiger partial charge in [-0.05, 0) is 31.8 Å². The van der Waals surface area contributed by atoms with Crippen LogP contribution in [-0.2, 0) is 6.54 Å². The van der Waals surface area contributed by atoms with Crippen LogP contribution < -0.4 is 11.2 Å². The van der Waals surface area contributed by atoms with Crippen LogP contribution >= 0.6 is 11.6 Å². The number of aromatic amines is 1. The molecule has 1 aliphatic rings. The third kappa shape index (κ3) is 3.23. The molecule has 0 saturated carbocycles. The second-order valence-electron chi connectivity index (χ2n) is 4.98. The molecular formula is C12H18ClN3O2. The molecule has 6 heteroatoms. The third-order valence-corrected chi connectivity index (χ3v) is 3.45. The van der Waals surface area contributed by atoms with E-state index in [2.05, 4.69) is 16.8 Å². The number of nitrogens with zero attached hydrogens (tertiary/aromatic N) is 2. The first-order chi connectivity index (χ1) is 8.56. The molecule has 1 aromatic heterocycles. The van der Waals surface area contributed by atoms with E-state index < -0.39 is 5.69 Å². The molecule has 0 amide bonds. The van der Waals surface area contributed by atoms with Crippen molar-refractivity contribution in [3.8, 4) is 0 Å². The number of nitrogens with one attached hydrogen (secondary N) is 1. The molecule has 1 saturated heterocycles. The number of hydrogen-bond donors (Lipinski definition) is 1. The predicted octanol–water partition coefficient (Wildman–Crippen LogP) is 0.922. The molecule has 100 valence electrons. The summed E-state index contributed by atoms with van der Waals surface area (Å²) in [5, 5.41) is 0.0912. The van der Waals surface area contributed by atoms with Gasteiger partial charge in [0.25, 0.3) is 5.56 Å². The molecule has 0 aromatic carbocycles. The van der Waals surface area contributed by atoms with E-state index in [0.717, 1.165) is 19.6 Å². The summed E-state index contributed by atoms with van der Waals surface area (Å²) < 4.78 is 1.21. The Balaban J connectivity index is 2.04. The Morgan fingerprint density at radius 1 is 1.33 bits per heavy atom. The van der Waals surface area contributed by atoms with E-state index in [9.17, 15) is 9.59 Å². The van der Waals surface area contributed by atoms with Gasteiger partial charge in [0, 0.05) is 19.2 Å². The Morgan fingerprint density at radius 3 is 2.61 bits per heavy atom. The van der Waals surface area contributed by atoms with E-state index >= 15 is 0 Å². The Labute approximate surface area is 110 Å². The summed E-state index contributed by atoms with van der Waals surface area (Å²) >= 11 is 5.62. The summed E-state index contributed by atoms with van der Waals surface area (Å²) in [6.07, 6.45) is 2.49. The van der Waals surface area contributed by atoms with Gasteiger partial charge in [-0.25, -0.2) is 4.79 Å². The highest BCUT2D eigenvalue weighted by Gasteiger charge is 2.16. The van der Waals surface area contributed by atoms with Crippen molar-refractivity contribution in [3.05, 3.63) is 32.1 Å². The molecule has 1 atom stereocenters. The van der Waals surface area contributed by atoms with Gasteiger partial charge < -0.3 is 4.90 Å². The van der Waals surface area contributed by atoms with E-state index in [1.807, 2.05) is 0 Å². The van der Waals surface area contributed by atoms with Crippen LogP contribution in [0.2, 0.25) is 5.15 Å². The zero-order valence-electron chi connectivity index (χ0n) is 10.5. The predicted molar refractivity (Wildman–Crippen MR) is 71.2 cm³/mol. The number of H-pyrrole nitrogens is 1. The standard InChI is InChI=1S/C12H18ClN3O2/c1-9(7-15-4-2-3-5-15)8-16-11(17)6-10(13)14-12(16)18/h6,9H,2-5,7-8H2,1H3,(H,14,18). The van der Waals surface area contributed by atoms with Gasteiger partial charge in [-0.15, -0.1) is 0 Å². The van der Waals surface area contributed by atoms with Crippen molar-refractivity contribution in [1.29, 1.82) is 0 Å². The molecular weight excluding hydrogens is 254 g/mol. The highest BCUT2D eigenvalue weighted by Crippen LogP contribution is 2.10. The van der Waals surface area contributed by atoms with Gasteiger partial charge in [0.1, 0.15) is 5.15 Å². The minimum atomic E-state index is -0.430. The fourth-order valence-corrected chi connectivity index (χ4v) is 2.61. The second kappa shape index (κ2) is 5.71. The van der Waals surface area contributed by atoms with Crippen molar-refractivity contribution in [2.75, 3.05) is 19.6 Å². The van der Waals surface area contributed by atoms with Crippen LogP contribution in [0, 0.1) is 5.92 Å². The number of likely N-dealkylation sites (tertiary alicyclic amines) is 1. The van der Waals surface area contributed by atoms with Crippen LogP contribution in [0.5, 0.6) is 0 Å². The van der Waals surface area contributed by atoms with Crippen LogP contribution in [0.3, 0.4) is 0 Å². The summed E-state index contributed by atoms with van der Waals surface area (Å²) in [6, 6.07) is 1.24. The third-order valence-electron chi connectivity index (χ3n) is 3.25. The van der Waals surface area contributed by atoms with Gasteiger partial charge in [-0.1, -0.05) is 18.5 Å². The zero-order chi connectivity index (χ0) is 13.1. The zero-order valence-corrected chi connectivity index (χ0v) is 11.2. The maximum Gasteiger partial charge on any atom is 0.329 e. The first-order valence-corrected chi connectivity index (χ1v) is 6.66. The van der Waals surface area contributed by atoms with Crippen LogP contribution in [0.1, 0.15) is 19.8 Å². The smallest absolute Gasteiger partial charge is 0.303 e. The van der Waals surface area contributed by atoms with Crippen LogP contribution in [-0.4, -0.2) is 34.1 Å². The maximum absolute atomic E-state index is 11.7. The van der Waals surface area contributed by atoms with Crippen molar-refractivity contribution >= 4 is 11.6 Å². The fraction of sp³-hybridized carbons (Fsp3) is 0.667. The van der Waals surface area contributed by atoms with Crippen molar-refractivity contribution in [3.63, 3.8) is 0 Å². The average molecular weight is 272 g/mol. The van der Waals surface area contributed by atoms with Crippen LogP contribution in [0.25, 0.3) is 0 Å². The van der Waals surface area contributed by atoms with Gasteiger partial charge in [0.2, 0.25) is 0 Å². The fourth-order valence-electron chi connectivity index (χ4n) is 2.44. The largest absolute Gasteiger partial charge is 0.329 e. The van der Waals surface area contributed by atoms with Gasteiger partial charge >= 0.3 is 5.69 Å². The first-order valence-electron chi connectivity index (χ1n) is 6.28. The molecule has 5 nitrogen and oxygen atoms in total. The monoisotopic (exact) mass is 271 g/mol. The Morgan fingerprint density at radius 2 is 2.00 bits per heavy atom. The average Bonchev–Trinajstić information content (AvgIpc) is 2.76. The van der Waals surface area contributed by atoms with Gasteiger partial charge in [0.05, 0.1) is 0 Å². The molecule has 1 aromatic rings. The molecule has 0 spiro atoms. The lowest BCUT2D eigenvalue weighted by molar-refractivity contribution is 0.268. The van der Waals surface area contributed by atoms with Crippen molar-refractivity contribution in [1.82, 2.24) is 14.5 Å². The van der Waals surface area contributed by atoms with Gasteiger partial charge in [0.15, 0.2) is 0 Å². The number of halogens is 1. The quantitative estimate of drug-likeness (QED) is 0.829. The highest BCUT2D eigenvalue weighted by molar-refractivity contribution is 6.29. The van der Waals surface area contributed by atoms with Crippen LogP contribution in [0.15, 0.2) is 15.7 Å². The van der Waals surface area contributed by atoms with Gasteiger partial charge in [-0.3, -0.25) is 14.3 Å². The van der Waals surface area contributed by atoms with E-state index in [0.29, 0.717) is 6.54 Å². The van der Waals surface area contributed by atoms with Crippen molar-refractivity contribution < 1.29 is 0 Å². The Bertz CT molecular complexity index is 486. The summed E-state index contributed by atoms with van der Waals surface area (Å²) in [5.74, 6) is 0.267. The van der Waals surface area contributed by atoms with Crippen molar-refractivity contribution in [2.24, 2.45) is 5.92 Å². The Kier molecular flexibility index (Phi) is 4.24.